The van der Waals surface area contributed by atoms with Gasteiger partial charge in [-0.3, -0.25) is 4.79 Å². The summed E-state index contributed by atoms with van der Waals surface area (Å²) in [6.45, 7) is 7.84. The van der Waals surface area contributed by atoms with Gasteiger partial charge >= 0.3 is 0 Å². The van der Waals surface area contributed by atoms with E-state index in [-0.39, 0.29) is 5.91 Å². The van der Waals surface area contributed by atoms with Gasteiger partial charge in [0.15, 0.2) is 0 Å². The molecule has 0 atom stereocenters. The molecule has 5 aromatic rings. The minimum absolute atomic E-state index is 0.157. The molecule has 1 fully saturated rings. The molecular weight excluding hydrogens is 490 g/mol. The molecule has 0 spiro atoms. The number of hydrogen-bond donors (Lipinski definition) is 3. The van der Waals surface area contributed by atoms with Crippen molar-refractivity contribution in [3.8, 4) is 5.75 Å². The number of amides is 1. The lowest BCUT2D eigenvalue weighted by Gasteiger charge is -2.30. The van der Waals surface area contributed by atoms with E-state index in [0.717, 1.165) is 71.0 Å². The Morgan fingerprint density at radius 3 is 2.59 bits per heavy atom. The highest BCUT2D eigenvalue weighted by molar-refractivity contribution is 6.10. The van der Waals surface area contributed by atoms with Gasteiger partial charge in [0.1, 0.15) is 11.4 Å². The number of para-hydroxylation sites is 1. The van der Waals surface area contributed by atoms with Crippen molar-refractivity contribution in [1.29, 1.82) is 0 Å². The Morgan fingerprint density at radius 1 is 1.03 bits per heavy atom. The monoisotopic (exact) mass is 521 g/mol. The van der Waals surface area contributed by atoms with Crippen LogP contribution in [-0.2, 0) is 0 Å². The SMILES string of the molecule is COc1cc(N2CCNCC2)ccc1Nc1ncc2ccc3c(C(=O)Nc4c(C)cccc4C)ccn3c2n1. The highest BCUT2D eigenvalue weighted by atomic mass is 16.5. The van der Waals surface area contributed by atoms with Gasteiger partial charge in [-0.05, 0) is 55.3 Å². The average Bonchev–Trinajstić information content (AvgIpc) is 3.41. The molecule has 9 heteroatoms. The van der Waals surface area contributed by atoms with Gasteiger partial charge in [-0.15, -0.1) is 0 Å². The number of piperazine rings is 1. The first-order valence-corrected chi connectivity index (χ1v) is 13.1. The molecule has 0 radical (unpaired) electrons. The molecule has 1 amide bonds. The number of methoxy groups -OCH3 is 1. The second-order valence-corrected chi connectivity index (χ2v) is 9.76. The molecule has 1 saturated heterocycles. The second kappa shape index (κ2) is 10.3. The van der Waals surface area contributed by atoms with Crippen molar-refractivity contribution < 1.29 is 9.53 Å². The van der Waals surface area contributed by atoms with Crippen molar-refractivity contribution >= 4 is 45.5 Å². The van der Waals surface area contributed by atoms with Crippen LogP contribution in [0, 0.1) is 13.8 Å². The highest BCUT2D eigenvalue weighted by Gasteiger charge is 2.17. The van der Waals surface area contributed by atoms with Crippen molar-refractivity contribution in [2.45, 2.75) is 13.8 Å². The van der Waals surface area contributed by atoms with Crippen LogP contribution in [0.1, 0.15) is 21.5 Å². The largest absolute Gasteiger partial charge is 0.494 e. The number of aromatic nitrogens is 3. The zero-order valence-electron chi connectivity index (χ0n) is 22.3. The van der Waals surface area contributed by atoms with Gasteiger partial charge in [0, 0.05) is 61.4 Å². The summed E-state index contributed by atoms with van der Waals surface area (Å²) in [4.78, 5) is 24.9. The lowest BCUT2D eigenvalue weighted by Crippen LogP contribution is -2.43. The van der Waals surface area contributed by atoms with E-state index in [1.54, 1.807) is 13.3 Å². The summed E-state index contributed by atoms with van der Waals surface area (Å²) < 4.78 is 7.62. The average molecular weight is 522 g/mol. The number of benzene rings is 2. The normalized spacial score (nSPS) is 13.6. The number of rotatable bonds is 6. The van der Waals surface area contributed by atoms with Gasteiger partial charge in [-0.25, -0.2) is 4.98 Å². The van der Waals surface area contributed by atoms with Crippen LogP contribution in [0.25, 0.3) is 16.6 Å². The first-order valence-electron chi connectivity index (χ1n) is 13.1. The molecular formula is C30H31N7O2. The zero-order valence-corrected chi connectivity index (χ0v) is 22.3. The van der Waals surface area contributed by atoms with Crippen molar-refractivity contribution in [3.05, 3.63) is 83.7 Å². The van der Waals surface area contributed by atoms with Crippen molar-refractivity contribution in [2.24, 2.45) is 0 Å². The van der Waals surface area contributed by atoms with Crippen LogP contribution in [-0.4, -0.2) is 53.6 Å². The molecule has 198 valence electrons. The number of fused-ring (bicyclic) bond motifs is 3. The maximum atomic E-state index is 13.3. The molecule has 4 heterocycles. The van der Waals surface area contributed by atoms with Crippen LogP contribution < -0.4 is 25.6 Å². The van der Waals surface area contributed by atoms with Crippen molar-refractivity contribution in [2.75, 3.05) is 48.8 Å². The zero-order chi connectivity index (χ0) is 26.9. The fourth-order valence-electron chi connectivity index (χ4n) is 5.13. The fraction of sp³-hybridized carbons (Fsp3) is 0.233. The summed E-state index contributed by atoms with van der Waals surface area (Å²) in [6.07, 6.45) is 3.65. The molecule has 2 aromatic carbocycles. The van der Waals surface area contributed by atoms with E-state index in [9.17, 15) is 4.79 Å². The number of pyridine rings is 1. The van der Waals surface area contributed by atoms with E-state index in [0.29, 0.717) is 17.2 Å². The Balaban J connectivity index is 1.30. The number of nitrogens with one attached hydrogen (secondary N) is 3. The molecule has 6 rings (SSSR count). The Morgan fingerprint density at radius 2 is 1.82 bits per heavy atom. The van der Waals surface area contributed by atoms with Gasteiger partial charge in [0.05, 0.1) is 23.9 Å². The molecule has 0 unspecified atom stereocenters. The molecule has 1 aliphatic heterocycles. The number of hydrogen-bond acceptors (Lipinski definition) is 7. The summed E-state index contributed by atoms with van der Waals surface area (Å²) in [7, 11) is 1.66. The van der Waals surface area contributed by atoms with Crippen LogP contribution >= 0.6 is 0 Å². The minimum atomic E-state index is -0.157. The summed E-state index contributed by atoms with van der Waals surface area (Å²) in [5.41, 5.74) is 6.85. The lowest BCUT2D eigenvalue weighted by atomic mass is 10.1. The first kappa shape index (κ1) is 24.7. The van der Waals surface area contributed by atoms with Crippen molar-refractivity contribution in [3.63, 3.8) is 0 Å². The molecule has 9 nitrogen and oxygen atoms in total. The molecule has 0 saturated carbocycles. The van der Waals surface area contributed by atoms with Crippen LogP contribution in [0.4, 0.5) is 23.0 Å². The topological polar surface area (TPSA) is 95.8 Å². The van der Waals surface area contributed by atoms with Gasteiger partial charge < -0.3 is 30.0 Å². The smallest absolute Gasteiger partial charge is 0.257 e. The Kier molecular flexibility index (Phi) is 6.50. The molecule has 3 N–H and O–H groups in total. The van der Waals surface area contributed by atoms with E-state index < -0.39 is 0 Å². The van der Waals surface area contributed by atoms with E-state index in [1.807, 2.05) is 73.0 Å². The van der Waals surface area contributed by atoms with E-state index >= 15 is 0 Å². The molecule has 3 aromatic heterocycles. The highest BCUT2D eigenvalue weighted by Crippen LogP contribution is 2.32. The maximum absolute atomic E-state index is 13.3. The quantitative estimate of drug-likeness (QED) is 0.292. The third kappa shape index (κ3) is 4.72. The van der Waals surface area contributed by atoms with Crippen molar-refractivity contribution in [1.82, 2.24) is 19.7 Å². The number of carbonyl (C=O) groups is 1. The number of nitrogens with zero attached hydrogens (tertiary/aromatic N) is 4. The van der Waals surface area contributed by atoms with Gasteiger partial charge in [-0.1, -0.05) is 18.2 Å². The predicted molar refractivity (Wildman–Crippen MR) is 156 cm³/mol. The summed E-state index contributed by atoms with van der Waals surface area (Å²) in [5, 5.41) is 10.7. The Labute approximate surface area is 226 Å². The lowest BCUT2D eigenvalue weighted by molar-refractivity contribution is 0.102. The molecule has 0 aliphatic carbocycles. The van der Waals surface area contributed by atoms with Gasteiger partial charge in [0.25, 0.3) is 5.91 Å². The first-order chi connectivity index (χ1) is 19.0. The third-order valence-electron chi connectivity index (χ3n) is 7.25. The molecule has 1 aliphatic rings. The van der Waals surface area contributed by atoms with Gasteiger partial charge in [0.2, 0.25) is 5.95 Å². The maximum Gasteiger partial charge on any atom is 0.257 e. The third-order valence-corrected chi connectivity index (χ3v) is 7.25. The van der Waals surface area contributed by atoms with Crippen LogP contribution in [0.2, 0.25) is 0 Å². The summed E-state index contributed by atoms with van der Waals surface area (Å²) in [5.74, 6) is 1.01. The fourth-order valence-corrected chi connectivity index (χ4v) is 5.13. The number of anilines is 4. The predicted octanol–water partition coefficient (Wildman–Crippen LogP) is 4.91. The molecule has 39 heavy (non-hydrogen) atoms. The standard InChI is InChI=1S/C30H31N7O2/c1-19-5-4-6-20(2)27(19)34-29(38)23-11-14-37-25(23)10-7-21-18-32-30(35-28(21)37)33-24-9-8-22(17-26(24)39-3)36-15-12-31-13-16-36/h4-11,14,17-18,31H,12-13,15-16H2,1-3H3,(H,34,38)(H,32,33,35). The Hall–Kier alpha value is -4.63. The molecule has 0 bridgehead atoms. The number of carbonyl (C=O) groups excluding carboxylic acids is 1. The van der Waals surface area contributed by atoms with E-state index in [4.69, 9.17) is 9.72 Å². The second-order valence-electron chi connectivity index (χ2n) is 9.76. The number of ether oxygens (including phenoxy) is 1. The Bertz CT molecular complexity index is 1670. The summed E-state index contributed by atoms with van der Waals surface area (Å²) >= 11 is 0. The van der Waals surface area contributed by atoms with E-state index in [1.165, 1.54) is 0 Å². The minimum Gasteiger partial charge on any atom is -0.494 e. The van der Waals surface area contributed by atoms with Crippen LogP contribution in [0.15, 0.2) is 67.0 Å². The van der Waals surface area contributed by atoms with Crippen LogP contribution in [0.3, 0.4) is 0 Å². The van der Waals surface area contributed by atoms with E-state index in [2.05, 4.69) is 31.9 Å². The summed E-state index contributed by atoms with van der Waals surface area (Å²) in [6, 6.07) is 17.8. The number of aryl methyl sites for hydroxylation is 2. The van der Waals surface area contributed by atoms with Crippen LogP contribution in [0.5, 0.6) is 5.75 Å². The van der Waals surface area contributed by atoms with Gasteiger partial charge in [-0.2, -0.15) is 4.98 Å².